The molecule has 0 unspecified atom stereocenters. The summed E-state index contributed by atoms with van der Waals surface area (Å²) < 4.78 is 38.6. The van der Waals surface area contributed by atoms with E-state index in [1.54, 1.807) is 0 Å². The first-order valence-electron chi connectivity index (χ1n) is 5.88. The molecular formula is C13H10ClF3N2O. The topological polar surface area (TPSA) is 52.9 Å². The van der Waals surface area contributed by atoms with E-state index in [4.69, 9.17) is 16.9 Å². The minimum absolute atomic E-state index is 0.208. The van der Waals surface area contributed by atoms with Crippen molar-refractivity contribution in [3.63, 3.8) is 0 Å². The molecule has 0 atom stereocenters. The lowest BCUT2D eigenvalue weighted by molar-refractivity contribution is -0.137. The third-order valence-electron chi connectivity index (χ3n) is 3.41. The van der Waals surface area contributed by atoms with Crippen LogP contribution in [0.1, 0.15) is 24.8 Å². The molecule has 1 aliphatic carbocycles. The van der Waals surface area contributed by atoms with Gasteiger partial charge in [-0.1, -0.05) is 17.7 Å². The summed E-state index contributed by atoms with van der Waals surface area (Å²) in [6.45, 7) is 0. The molecule has 0 aliphatic heterocycles. The number of nitrogens with one attached hydrogen (secondary N) is 1. The molecular weight excluding hydrogens is 293 g/mol. The average Bonchev–Trinajstić information content (AvgIpc) is 2.29. The van der Waals surface area contributed by atoms with Gasteiger partial charge in [0.05, 0.1) is 22.3 Å². The minimum Gasteiger partial charge on any atom is -0.323 e. The molecule has 7 heteroatoms. The van der Waals surface area contributed by atoms with Crippen LogP contribution in [0.5, 0.6) is 0 Å². The first kappa shape index (κ1) is 14.7. The van der Waals surface area contributed by atoms with Crippen molar-refractivity contribution in [3.05, 3.63) is 28.8 Å². The number of carbonyl (C=O) groups excluding carboxylic acids is 1. The average molecular weight is 303 g/mol. The van der Waals surface area contributed by atoms with Crippen LogP contribution in [0.3, 0.4) is 0 Å². The van der Waals surface area contributed by atoms with Crippen molar-refractivity contribution in [2.24, 2.45) is 5.41 Å². The molecule has 0 spiro atoms. The van der Waals surface area contributed by atoms with Crippen LogP contribution in [-0.2, 0) is 11.0 Å². The number of anilines is 1. The van der Waals surface area contributed by atoms with Crippen LogP contribution in [0.4, 0.5) is 18.9 Å². The maximum atomic E-state index is 12.9. The number of carbonyl (C=O) groups is 1. The molecule has 1 saturated carbocycles. The molecule has 3 nitrogen and oxygen atoms in total. The van der Waals surface area contributed by atoms with Gasteiger partial charge >= 0.3 is 6.18 Å². The molecule has 1 fully saturated rings. The molecule has 1 amide bonds. The van der Waals surface area contributed by atoms with Crippen LogP contribution in [0.15, 0.2) is 18.2 Å². The molecule has 1 aliphatic rings. The van der Waals surface area contributed by atoms with Crippen LogP contribution in [0.2, 0.25) is 5.02 Å². The Morgan fingerprint density at radius 2 is 2.05 bits per heavy atom. The van der Waals surface area contributed by atoms with Crippen molar-refractivity contribution in [2.75, 3.05) is 5.32 Å². The summed E-state index contributed by atoms with van der Waals surface area (Å²) in [6, 6.07) is 5.12. The van der Waals surface area contributed by atoms with Crippen LogP contribution < -0.4 is 5.32 Å². The molecule has 1 aromatic carbocycles. The molecule has 0 aromatic heterocycles. The molecule has 2 rings (SSSR count). The van der Waals surface area contributed by atoms with Crippen molar-refractivity contribution in [1.29, 1.82) is 5.26 Å². The van der Waals surface area contributed by atoms with Gasteiger partial charge in [0.1, 0.15) is 5.41 Å². The molecule has 0 bridgehead atoms. The number of nitrogens with zero attached hydrogens (tertiary/aromatic N) is 1. The highest BCUT2D eigenvalue weighted by atomic mass is 35.5. The normalized spacial score (nSPS) is 16.9. The molecule has 20 heavy (non-hydrogen) atoms. The summed E-state index contributed by atoms with van der Waals surface area (Å²) in [5, 5.41) is 11.0. The molecule has 1 N–H and O–H groups in total. The molecule has 0 saturated heterocycles. The molecule has 0 heterocycles. The lowest BCUT2D eigenvalue weighted by atomic mass is 9.69. The Morgan fingerprint density at radius 3 is 2.50 bits per heavy atom. The van der Waals surface area contributed by atoms with Gasteiger partial charge in [-0.2, -0.15) is 18.4 Å². The fraction of sp³-hybridized carbons (Fsp3) is 0.385. The van der Waals surface area contributed by atoms with Gasteiger partial charge in [0.2, 0.25) is 5.91 Å². The maximum Gasteiger partial charge on any atom is 0.418 e. The second-order valence-corrected chi connectivity index (χ2v) is 5.07. The number of benzene rings is 1. The van der Waals surface area contributed by atoms with E-state index < -0.39 is 28.7 Å². The minimum atomic E-state index is -4.63. The van der Waals surface area contributed by atoms with E-state index in [-0.39, 0.29) is 5.02 Å². The number of nitriles is 1. The number of rotatable bonds is 2. The quantitative estimate of drug-likeness (QED) is 0.898. The van der Waals surface area contributed by atoms with Crippen molar-refractivity contribution < 1.29 is 18.0 Å². The van der Waals surface area contributed by atoms with Crippen molar-refractivity contribution in [1.82, 2.24) is 0 Å². The van der Waals surface area contributed by atoms with Gasteiger partial charge in [0.15, 0.2) is 0 Å². The summed E-state index contributed by atoms with van der Waals surface area (Å²) in [4.78, 5) is 12.0. The zero-order chi connectivity index (χ0) is 15.0. The van der Waals surface area contributed by atoms with Gasteiger partial charge in [0.25, 0.3) is 0 Å². The fourth-order valence-electron chi connectivity index (χ4n) is 2.04. The Balaban J connectivity index is 2.35. The summed E-state index contributed by atoms with van der Waals surface area (Å²) in [5.41, 5.74) is -2.75. The second kappa shape index (κ2) is 4.98. The largest absolute Gasteiger partial charge is 0.418 e. The fourth-order valence-corrected chi connectivity index (χ4v) is 2.26. The monoisotopic (exact) mass is 302 g/mol. The van der Waals surface area contributed by atoms with Gasteiger partial charge in [-0.05, 0) is 31.4 Å². The summed E-state index contributed by atoms with van der Waals surface area (Å²) in [7, 11) is 0. The van der Waals surface area contributed by atoms with Crippen molar-refractivity contribution in [2.45, 2.75) is 25.4 Å². The third kappa shape index (κ3) is 2.46. The van der Waals surface area contributed by atoms with Gasteiger partial charge in [-0.25, -0.2) is 0 Å². The van der Waals surface area contributed by atoms with Gasteiger partial charge in [0, 0.05) is 0 Å². The maximum absolute atomic E-state index is 12.9. The Labute approximate surface area is 118 Å². The van der Waals surface area contributed by atoms with E-state index in [1.165, 1.54) is 6.07 Å². The highest BCUT2D eigenvalue weighted by Gasteiger charge is 2.45. The van der Waals surface area contributed by atoms with Gasteiger partial charge < -0.3 is 5.32 Å². The Hall–Kier alpha value is -1.74. The number of alkyl halides is 3. The Bertz CT molecular complexity index is 588. The highest BCUT2D eigenvalue weighted by Crippen LogP contribution is 2.43. The number of hydrogen-bond acceptors (Lipinski definition) is 2. The molecule has 106 valence electrons. The van der Waals surface area contributed by atoms with E-state index in [2.05, 4.69) is 5.32 Å². The SMILES string of the molecule is N#CC1(C(=O)Nc2c(Cl)cccc2C(F)(F)F)CCC1. The smallest absolute Gasteiger partial charge is 0.323 e. The highest BCUT2D eigenvalue weighted by molar-refractivity contribution is 6.34. The number of amides is 1. The van der Waals surface area contributed by atoms with Crippen LogP contribution in [-0.4, -0.2) is 5.91 Å². The van der Waals surface area contributed by atoms with Crippen LogP contribution in [0, 0.1) is 16.7 Å². The predicted molar refractivity (Wildman–Crippen MR) is 67.0 cm³/mol. The summed E-state index contributed by atoms with van der Waals surface area (Å²) >= 11 is 5.74. The zero-order valence-electron chi connectivity index (χ0n) is 10.2. The second-order valence-electron chi connectivity index (χ2n) is 4.66. The van der Waals surface area contributed by atoms with Crippen LogP contribution >= 0.6 is 11.6 Å². The van der Waals surface area contributed by atoms with Crippen LogP contribution in [0.25, 0.3) is 0 Å². The predicted octanol–water partition coefficient (Wildman–Crippen LogP) is 3.99. The standard InChI is InChI=1S/C13H10ClF3N2O/c14-9-4-1-3-8(13(15,16)17)10(9)19-11(20)12(7-18)5-2-6-12/h1,3-4H,2,5-6H2,(H,19,20). The zero-order valence-corrected chi connectivity index (χ0v) is 11.0. The van der Waals surface area contributed by atoms with E-state index >= 15 is 0 Å². The number of hydrogen-bond donors (Lipinski definition) is 1. The lowest BCUT2D eigenvalue weighted by Gasteiger charge is -2.33. The Kier molecular flexibility index (Phi) is 3.65. The first-order valence-corrected chi connectivity index (χ1v) is 6.26. The first-order chi connectivity index (χ1) is 9.30. The van der Waals surface area contributed by atoms with E-state index in [1.807, 2.05) is 6.07 Å². The molecule has 0 radical (unpaired) electrons. The number of halogens is 4. The third-order valence-corrected chi connectivity index (χ3v) is 3.73. The van der Waals surface area contributed by atoms with Crippen molar-refractivity contribution in [3.8, 4) is 6.07 Å². The van der Waals surface area contributed by atoms with E-state index in [9.17, 15) is 18.0 Å². The van der Waals surface area contributed by atoms with Gasteiger partial charge in [-0.3, -0.25) is 4.79 Å². The van der Waals surface area contributed by atoms with E-state index in [0.29, 0.717) is 19.3 Å². The van der Waals surface area contributed by atoms with Crippen molar-refractivity contribution >= 4 is 23.2 Å². The Morgan fingerprint density at radius 1 is 1.40 bits per heavy atom. The summed E-state index contributed by atoms with van der Waals surface area (Å²) in [6.07, 6.45) is -3.23. The summed E-state index contributed by atoms with van der Waals surface area (Å²) in [5.74, 6) is -0.732. The molecule has 1 aromatic rings. The van der Waals surface area contributed by atoms with E-state index in [0.717, 1.165) is 12.1 Å². The lowest BCUT2D eigenvalue weighted by Crippen LogP contribution is -2.41. The van der Waals surface area contributed by atoms with Gasteiger partial charge in [-0.15, -0.1) is 0 Å². The number of para-hydroxylation sites is 1.